The van der Waals surface area contributed by atoms with Gasteiger partial charge in [0.25, 0.3) is 0 Å². The maximum atomic E-state index is 4.75. The summed E-state index contributed by atoms with van der Waals surface area (Å²) < 4.78 is 1.07. The fourth-order valence-corrected chi connectivity index (χ4v) is 2.16. The normalized spacial score (nSPS) is 11.5. The highest BCUT2D eigenvalue weighted by Crippen LogP contribution is 2.26. The highest BCUT2D eigenvalue weighted by molar-refractivity contribution is 9.10. The van der Waals surface area contributed by atoms with Gasteiger partial charge < -0.3 is 5.32 Å². The molecule has 0 saturated carbocycles. The first-order valence-corrected chi connectivity index (χ1v) is 8.09. The molecule has 1 heterocycles. The highest BCUT2D eigenvalue weighted by atomic mass is 79.9. The van der Waals surface area contributed by atoms with Crippen molar-refractivity contribution >= 4 is 21.7 Å². The predicted molar refractivity (Wildman–Crippen MR) is 92.6 cm³/mol. The Balaban J connectivity index is 2.46. The summed E-state index contributed by atoms with van der Waals surface area (Å²) in [6.45, 7) is 9.47. The zero-order valence-electron chi connectivity index (χ0n) is 13.1. The molecule has 0 atom stereocenters. The molecule has 2 rings (SSSR count). The molecule has 0 spiro atoms. The maximum absolute atomic E-state index is 4.75. The molecular formula is C17H22BrN3. The van der Waals surface area contributed by atoms with Crippen LogP contribution in [0, 0.1) is 0 Å². The lowest BCUT2D eigenvalue weighted by molar-refractivity contribution is 0.546. The van der Waals surface area contributed by atoms with Crippen LogP contribution >= 0.6 is 15.9 Å². The van der Waals surface area contributed by atoms with E-state index in [9.17, 15) is 0 Å². The van der Waals surface area contributed by atoms with E-state index >= 15 is 0 Å². The molecule has 1 aromatic carbocycles. The van der Waals surface area contributed by atoms with Gasteiger partial charge in [0.15, 0.2) is 0 Å². The first-order chi connectivity index (χ1) is 9.90. The van der Waals surface area contributed by atoms with Crippen molar-refractivity contribution in [2.75, 3.05) is 11.9 Å². The molecule has 0 amide bonds. The molecule has 0 unspecified atom stereocenters. The van der Waals surface area contributed by atoms with E-state index in [2.05, 4.69) is 66.1 Å². The van der Waals surface area contributed by atoms with Gasteiger partial charge in [-0.3, -0.25) is 0 Å². The van der Waals surface area contributed by atoms with E-state index < -0.39 is 0 Å². The smallest absolute Gasteiger partial charge is 0.136 e. The zero-order chi connectivity index (χ0) is 15.5. The molecule has 0 aliphatic heterocycles. The van der Waals surface area contributed by atoms with Gasteiger partial charge >= 0.3 is 0 Å². The fraction of sp³-hybridized carbons (Fsp3) is 0.412. The third kappa shape index (κ3) is 4.27. The van der Waals surface area contributed by atoms with Crippen LogP contribution in [0.4, 0.5) is 5.82 Å². The van der Waals surface area contributed by atoms with Crippen molar-refractivity contribution < 1.29 is 0 Å². The van der Waals surface area contributed by atoms with Crippen LogP contribution < -0.4 is 5.32 Å². The average Bonchev–Trinajstić information content (AvgIpc) is 2.44. The number of aromatic nitrogens is 2. The van der Waals surface area contributed by atoms with Gasteiger partial charge in [0.1, 0.15) is 11.6 Å². The van der Waals surface area contributed by atoms with Crippen molar-refractivity contribution in [1.29, 1.82) is 0 Å². The third-order valence-corrected chi connectivity index (χ3v) is 3.62. The molecule has 21 heavy (non-hydrogen) atoms. The molecule has 0 aliphatic carbocycles. The molecule has 0 bridgehead atoms. The number of hydrogen-bond donors (Lipinski definition) is 1. The SMILES string of the molecule is CCCNc1cc(-c2ccc(Br)cc2)nc(C(C)(C)C)n1. The number of benzene rings is 1. The zero-order valence-corrected chi connectivity index (χ0v) is 14.7. The van der Waals surface area contributed by atoms with Gasteiger partial charge in [-0.1, -0.05) is 55.8 Å². The number of anilines is 1. The van der Waals surface area contributed by atoms with Gasteiger partial charge in [-0.05, 0) is 18.6 Å². The van der Waals surface area contributed by atoms with Crippen LogP contribution in [0.15, 0.2) is 34.8 Å². The Hall–Kier alpha value is -1.42. The Bertz CT molecular complexity index is 600. The Morgan fingerprint density at radius 1 is 1.10 bits per heavy atom. The number of rotatable bonds is 4. The lowest BCUT2D eigenvalue weighted by Gasteiger charge is -2.19. The summed E-state index contributed by atoms with van der Waals surface area (Å²) >= 11 is 3.47. The quantitative estimate of drug-likeness (QED) is 0.842. The summed E-state index contributed by atoms with van der Waals surface area (Å²) in [7, 11) is 0. The van der Waals surface area contributed by atoms with Gasteiger partial charge in [0, 0.05) is 28.1 Å². The number of hydrogen-bond acceptors (Lipinski definition) is 3. The molecular weight excluding hydrogens is 326 g/mol. The Kier molecular flexibility index (Phi) is 4.99. The largest absolute Gasteiger partial charge is 0.370 e. The summed E-state index contributed by atoms with van der Waals surface area (Å²) in [5, 5.41) is 3.37. The van der Waals surface area contributed by atoms with Crippen molar-refractivity contribution in [3.05, 3.63) is 40.6 Å². The van der Waals surface area contributed by atoms with E-state index in [0.717, 1.165) is 40.3 Å². The minimum absolute atomic E-state index is 0.0754. The van der Waals surface area contributed by atoms with Gasteiger partial charge in [0.2, 0.25) is 0 Å². The molecule has 0 aliphatic rings. The van der Waals surface area contributed by atoms with Crippen LogP contribution in [0.25, 0.3) is 11.3 Å². The molecule has 1 aromatic heterocycles. The minimum Gasteiger partial charge on any atom is -0.370 e. The number of halogens is 1. The Morgan fingerprint density at radius 3 is 2.33 bits per heavy atom. The van der Waals surface area contributed by atoms with Gasteiger partial charge in [-0.15, -0.1) is 0 Å². The number of nitrogens with zero attached hydrogens (tertiary/aromatic N) is 2. The monoisotopic (exact) mass is 347 g/mol. The van der Waals surface area contributed by atoms with Gasteiger partial charge in [-0.25, -0.2) is 9.97 Å². The molecule has 0 saturated heterocycles. The fourth-order valence-electron chi connectivity index (χ4n) is 1.89. The topological polar surface area (TPSA) is 37.8 Å². The third-order valence-electron chi connectivity index (χ3n) is 3.09. The first-order valence-electron chi connectivity index (χ1n) is 7.29. The van der Waals surface area contributed by atoms with E-state index in [1.165, 1.54) is 0 Å². The van der Waals surface area contributed by atoms with Crippen LogP contribution in [0.3, 0.4) is 0 Å². The highest BCUT2D eigenvalue weighted by Gasteiger charge is 2.19. The van der Waals surface area contributed by atoms with E-state index in [1.807, 2.05) is 18.2 Å². The second kappa shape index (κ2) is 6.56. The van der Waals surface area contributed by atoms with E-state index in [1.54, 1.807) is 0 Å². The van der Waals surface area contributed by atoms with E-state index in [0.29, 0.717) is 0 Å². The van der Waals surface area contributed by atoms with E-state index in [4.69, 9.17) is 4.98 Å². The molecule has 3 nitrogen and oxygen atoms in total. The second-order valence-corrected chi connectivity index (χ2v) is 7.06. The lowest BCUT2D eigenvalue weighted by Crippen LogP contribution is -2.18. The summed E-state index contributed by atoms with van der Waals surface area (Å²) in [4.78, 5) is 9.40. The summed E-state index contributed by atoms with van der Waals surface area (Å²) in [6.07, 6.45) is 1.07. The van der Waals surface area contributed by atoms with Crippen molar-refractivity contribution in [3.63, 3.8) is 0 Å². The predicted octanol–water partition coefficient (Wildman–Crippen LogP) is 5.03. The molecule has 4 heteroatoms. The van der Waals surface area contributed by atoms with Gasteiger partial charge in [-0.2, -0.15) is 0 Å². The van der Waals surface area contributed by atoms with Crippen LogP contribution in [0.2, 0.25) is 0 Å². The molecule has 1 N–H and O–H groups in total. The second-order valence-electron chi connectivity index (χ2n) is 6.15. The molecule has 2 aromatic rings. The lowest BCUT2D eigenvalue weighted by atomic mass is 9.95. The molecule has 112 valence electrons. The summed E-state index contributed by atoms with van der Waals surface area (Å²) in [6, 6.07) is 10.2. The number of nitrogens with one attached hydrogen (secondary N) is 1. The summed E-state index contributed by atoms with van der Waals surface area (Å²) in [5.41, 5.74) is 1.99. The molecule has 0 fully saturated rings. The van der Waals surface area contributed by atoms with Crippen LogP contribution in [-0.2, 0) is 5.41 Å². The minimum atomic E-state index is -0.0754. The van der Waals surface area contributed by atoms with Crippen LogP contribution in [-0.4, -0.2) is 16.5 Å². The van der Waals surface area contributed by atoms with Crippen molar-refractivity contribution in [2.45, 2.75) is 39.5 Å². The Labute approximate surface area is 135 Å². The Morgan fingerprint density at radius 2 is 1.76 bits per heavy atom. The van der Waals surface area contributed by atoms with Crippen molar-refractivity contribution in [2.24, 2.45) is 0 Å². The van der Waals surface area contributed by atoms with E-state index in [-0.39, 0.29) is 5.41 Å². The van der Waals surface area contributed by atoms with Crippen molar-refractivity contribution in [1.82, 2.24) is 9.97 Å². The summed E-state index contributed by atoms with van der Waals surface area (Å²) in [5.74, 6) is 1.76. The molecule has 0 radical (unpaired) electrons. The average molecular weight is 348 g/mol. The van der Waals surface area contributed by atoms with Crippen LogP contribution in [0.1, 0.15) is 39.9 Å². The maximum Gasteiger partial charge on any atom is 0.136 e. The first kappa shape index (κ1) is 16.0. The van der Waals surface area contributed by atoms with Crippen LogP contribution in [0.5, 0.6) is 0 Å². The van der Waals surface area contributed by atoms with Gasteiger partial charge in [0.05, 0.1) is 5.69 Å². The van der Waals surface area contributed by atoms with Crippen molar-refractivity contribution in [3.8, 4) is 11.3 Å². The standard InChI is InChI=1S/C17H22BrN3/c1-5-10-19-15-11-14(12-6-8-13(18)9-7-12)20-16(21-15)17(2,3)4/h6-9,11H,5,10H2,1-4H3,(H,19,20,21).